The van der Waals surface area contributed by atoms with E-state index in [1.54, 1.807) is 12.1 Å². The van der Waals surface area contributed by atoms with E-state index in [2.05, 4.69) is 4.74 Å². The first kappa shape index (κ1) is 12.2. The van der Waals surface area contributed by atoms with Gasteiger partial charge in [-0.15, -0.1) is 0 Å². The minimum atomic E-state index is -0.794. The number of esters is 1. The smallest absolute Gasteiger partial charge is 0.344 e. The van der Waals surface area contributed by atoms with Gasteiger partial charge in [-0.3, -0.25) is 0 Å². The van der Waals surface area contributed by atoms with Gasteiger partial charge in [0.2, 0.25) is 0 Å². The van der Waals surface area contributed by atoms with E-state index < -0.39 is 11.8 Å². The second-order valence-electron chi connectivity index (χ2n) is 3.47. The van der Waals surface area contributed by atoms with Crippen LogP contribution in [0.5, 0.6) is 5.75 Å². The van der Waals surface area contributed by atoms with E-state index in [4.69, 9.17) is 9.15 Å². The summed E-state index contributed by atoms with van der Waals surface area (Å²) in [6.45, 7) is 0. The van der Waals surface area contributed by atoms with Gasteiger partial charge >= 0.3 is 5.97 Å². The van der Waals surface area contributed by atoms with Crippen molar-refractivity contribution >= 4 is 5.97 Å². The lowest BCUT2D eigenvalue weighted by molar-refractivity contribution is 0.0591. The molecule has 0 amide bonds. The van der Waals surface area contributed by atoms with Crippen LogP contribution in [0.2, 0.25) is 0 Å². The molecule has 0 N–H and O–H groups in total. The van der Waals surface area contributed by atoms with Crippen LogP contribution in [0.4, 0.5) is 4.39 Å². The maximum Gasteiger partial charge on any atom is 0.344 e. The normalized spacial score (nSPS) is 10.2. The topological polar surface area (TPSA) is 48.7 Å². The molecule has 0 atom stereocenters. The molecule has 94 valence electrons. The third-order valence-corrected chi connectivity index (χ3v) is 2.49. The van der Waals surface area contributed by atoms with Gasteiger partial charge in [-0.05, 0) is 24.3 Å². The molecule has 0 fully saturated rings. The molecule has 1 heterocycles. The molecule has 5 heteroatoms. The lowest BCUT2D eigenvalue weighted by Crippen LogP contribution is -2.08. The highest BCUT2D eigenvalue weighted by atomic mass is 19.1. The quantitative estimate of drug-likeness (QED) is 0.786. The zero-order valence-electron chi connectivity index (χ0n) is 9.90. The van der Waals surface area contributed by atoms with Gasteiger partial charge in [0.25, 0.3) is 0 Å². The van der Waals surface area contributed by atoms with Crippen molar-refractivity contribution in [1.29, 1.82) is 0 Å². The maximum atomic E-state index is 13.7. The molecule has 0 saturated heterocycles. The number of furan rings is 1. The summed E-state index contributed by atoms with van der Waals surface area (Å²) >= 11 is 0. The van der Waals surface area contributed by atoms with Crippen LogP contribution in [-0.4, -0.2) is 20.2 Å². The van der Waals surface area contributed by atoms with E-state index in [1.165, 1.54) is 32.6 Å². The van der Waals surface area contributed by atoms with E-state index in [0.29, 0.717) is 11.3 Å². The van der Waals surface area contributed by atoms with Crippen LogP contribution in [0, 0.1) is 5.82 Å². The van der Waals surface area contributed by atoms with Crippen molar-refractivity contribution < 1.29 is 23.1 Å². The van der Waals surface area contributed by atoms with Gasteiger partial charge in [-0.1, -0.05) is 0 Å². The number of hydrogen-bond donors (Lipinski definition) is 0. The van der Waals surface area contributed by atoms with Crippen LogP contribution in [-0.2, 0) is 4.74 Å². The third-order valence-electron chi connectivity index (χ3n) is 2.49. The Morgan fingerprint density at radius 1 is 1.28 bits per heavy atom. The van der Waals surface area contributed by atoms with E-state index in [9.17, 15) is 9.18 Å². The molecule has 4 nitrogen and oxygen atoms in total. The second kappa shape index (κ2) is 4.91. The van der Waals surface area contributed by atoms with Crippen molar-refractivity contribution in [3.05, 3.63) is 41.9 Å². The van der Waals surface area contributed by atoms with Crippen molar-refractivity contribution in [2.45, 2.75) is 0 Å². The van der Waals surface area contributed by atoms with Crippen molar-refractivity contribution in [1.82, 2.24) is 0 Å². The van der Waals surface area contributed by atoms with Crippen molar-refractivity contribution in [3.63, 3.8) is 0 Å². The van der Waals surface area contributed by atoms with E-state index in [1.807, 2.05) is 0 Å². The number of halogens is 1. The zero-order chi connectivity index (χ0) is 13.1. The number of rotatable bonds is 3. The van der Waals surface area contributed by atoms with Crippen LogP contribution >= 0.6 is 0 Å². The van der Waals surface area contributed by atoms with Gasteiger partial charge < -0.3 is 13.9 Å². The Morgan fingerprint density at radius 3 is 2.61 bits per heavy atom. The minimum absolute atomic E-state index is 0.0943. The van der Waals surface area contributed by atoms with Gasteiger partial charge in [0.05, 0.1) is 26.0 Å². The molecule has 0 bridgehead atoms. The predicted molar refractivity (Wildman–Crippen MR) is 62.0 cm³/mol. The lowest BCUT2D eigenvalue weighted by atomic mass is 10.1. The van der Waals surface area contributed by atoms with Crippen LogP contribution in [0.25, 0.3) is 11.3 Å². The highest BCUT2D eigenvalue weighted by Crippen LogP contribution is 2.35. The summed E-state index contributed by atoms with van der Waals surface area (Å²) in [7, 11) is 2.54. The number of methoxy groups -OCH3 is 2. The Kier molecular flexibility index (Phi) is 3.32. The molecule has 0 aliphatic heterocycles. The summed E-state index contributed by atoms with van der Waals surface area (Å²) in [5.41, 5.74) is 0.248. The molecule has 0 radical (unpaired) electrons. The van der Waals surface area contributed by atoms with Crippen LogP contribution in [0.1, 0.15) is 10.4 Å². The lowest BCUT2D eigenvalue weighted by Gasteiger charge is -2.11. The first-order valence-electron chi connectivity index (χ1n) is 5.17. The minimum Gasteiger partial charge on any atom is -0.495 e. The second-order valence-corrected chi connectivity index (χ2v) is 3.47. The van der Waals surface area contributed by atoms with Gasteiger partial charge in [0.15, 0.2) is 0 Å². The molecule has 2 aromatic rings. The van der Waals surface area contributed by atoms with Gasteiger partial charge in [0, 0.05) is 0 Å². The molecule has 0 aliphatic rings. The summed E-state index contributed by atoms with van der Waals surface area (Å²) in [6, 6.07) is 6.04. The van der Waals surface area contributed by atoms with Crippen LogP contribution in [0.15, 0.2) is 34.9 Å². The zero-order valence-corrected chi connectivity index (χ0v) is 9.90. The summed E-state index contributed by atoms with van der Waals surface area (Å²) in [5, 5.41) is 0. The molecule has 1 aromatic heterocycles. The SMILES string of the molecule is COC(=O)c1c(F)ccc(-c2ccco2)c1OC. The Morgan fingerprint density at radius 2 is 2.06 bits per heavy atom. The fourth-order valence-electron chi connectivity index (χ4n) is 1.69. The number of ether oxygens (including phenoxy) is 2. The van der Waals surface area contributed by atoms with Gasteiger partial charge in [0.1, 0.15) is 22.9 Å². The summed E-state index contributed by atoms with van der Waals surface area (Å²) in [4.78, 5) is 11.6. The monoisotopic (exact) mass is 250 g/mol. The molecule has 18 heavy (non-hydrogen) atoms. The van der Waals surface area contributed by atoms with Gasteiger partial charge in [-0.25, -0.2) is 9.18 Å². The first-order valence-corrected chi connectivity index (χ1v) is 5.17. The highest BCUT2D eigenvalue weighted by Gasteiger charge is 2.23. The predicted octanol–water partition coefficient (Wildman–Crippen LogP) is 2.88. The first-order chi connectivity index (χ1) is 8.69. The molecule has 0 unspecified atom stereocenters. The highest BCUT2D eigenvalue weighted by molar-refractivity contribution is 5.95. The third kappa shape index (κ3) is 1.95. The standard InChI is InChI=1S/C13H11FO4/c1-16-12-8(10-4-3-7-18-10)5-6-9(14)11(12)13(15)17-2/h3-7H,1-2H3. The number of carbonyl (C=O) groups is 1. The molecule has 1 aromatic carbocycles. The summed E-state index contributed by atoms with van der Waals surface area (Å²) in [5.74, 6) is -0.916. The van der Waals surface area contributed by atoms with Crippen molar-refractivity contribution in [3.8, 4) is 17.1 Å². The van der Waals surface area contributed by atoms with Crippen molar-refractivity contribution in [2.24, 2.45) is 0 Å². The van der Waals surface area contributed by atoms with E-state index in [-0.39, 0.29) is 11.3 Å². The van der Waals surface area contributed by atoms with Gasteiger partial charge in [-0.2, -0.15) is 0 Å². The summed E-state index contributed by atoms with van der Waals surface area (Å²) < 4.78 is 28.5. The van der Waals surface area contributed by atoms with E-state index >= 15 is 0 Å². The number of benzene rings is 1. The maximum absolute atomic E-state index is 13.7. The molecule has 0 saturated carbocycles. The summed E-state index contributed by atoms with van der Waals surface area (Å²) in [6.07, 6.45) is 1.48. The largest absolute Gasteiger partial charge is 0.495 e. The Labute approximate surface area is 103 Å². The van der Waals surface area contributed by atoms with Crippen LogP contribution < -0.4 is 4.74 Å². The number of hydrogen-bond acceptors (Lipinski definition) is 4. The number of carbonyl (C=O) groups excluding carboxylic acids is 1. The molecular weight excluding hydrogens is 239 g/mol. The fourth-order valence-corrected chi connectivity index (χ4v) is 1.69. The average Bonchev–Trinajstić information content (AvgIpc) is 2.91. The molecular formula is C13H11FO4. The van der Waals surface area contributed by atoms with E-state index in [0.717, 1.165) is 0 Å². The molecule has 2 rings (SSSR count). The average molecular weight is 250 g/mol. The Balaban J connectivity index is 2.66. The van der Waals surface area contributed by atoms with Crippen molar-refractivity contribution in [2.75, 3.05) is 14.2 Å². The van der Waals surface area contributed by atoms with Crippen LogP contribution in [0.3, 0.4) is 0 Å². The fraction of sp³-hybridized carbons (Fsp3) is 0.154. The molecule has 0 spiro atoms. The Hall–Kier alpha value is -2.30. The molecule has 0 aliphatic carbocycles. The Bertz CT molecular complexity index is 561.